The van der Waals surface area contributed by atoms with Crippen molar-refractivity contribution in [1.82, 2.24) is 4.90 Å². The van der Waals surface area contributed by atoms with Gasteiger partial charge in [0.05, 0.1) is 19.5 Å². The summed E-state index contributed by atoms with van der Waals surface area (Å²) in [5, 5.41) is 0. The van der Waals surface area contributed by atoms with E-state index in [9.17, 15) is 17.8 Å². The number of amides is 1. The molecule has 230 valence electrons. The predicted molar refractivity (Wildman–Crippen MR) is 161 cm³/mol. The van der Waals surface area contributed by atoms with Gasteiger partial charge >= 0.3 is 7.82 Å². The molecule has 2 aromatic carbocycles. The van der Waals surface area contributed by atoms with Crippen LogP contribution in [0.2, 0.25) is 0 Å². The zero-order valence-corrected chi connectivity index (χ0v) is 25.9. The first-order valence-corrected chi connectivity index (χ1v) is 17.6. The van der Waals surface area contributed by atoms with E-state index in [4.69, 9.17) is 14.5 Å². The maximum absolute atomic E-state index is 13.1. The van der Waals surface area contributed by atoms with Gasteiger partial charge in [-0.05, 0) is 48.2 Å². The molecule has 0 aliphatic carbocycles. The Morgan fingerprint density at radius 1 is 0.927 bits per heavy atom. The van der Waals surface area contributed by atoms with Crippen molar-refractivity contribution < 1.29 is 36.8 Å². The van der Waals surface area contributed by atoms with E-state index >= 15 is 0 Å². The van der Waals surface area contributed by atoms with Crippen LogP contribution < -0.4 is 9.46 Å². The van der Waals surface area contributed by atoms with Gasteiger partial charge in [0.2, 0.25) is 15.9 Å². The van der Waals surface area contributed by atoms with E-state index in [0.29, 0.717) is 18.7 Å². The van der Waals surface area contributed by atoms with E-state index in [1.165, 1.54) is 43.4 Å². The van der Waals surface area contributed by atoms with E-state index < -0.39 is 17.8 Å². The van der Waals surface area contributed by atoms with E-state index in [2.05, 4.69) is 16.2 Å². The largest absolute Gasteiger partial charge is 0.494 e. The van der Waals surface area contributed by atoms with Crippen LogP contribution in [0.3, 0.4) is 0 Å². The lowest BCUT2D eigenvalue weighted by atomic mass is 10.1. The predicted octanol–water partition coefficient (Wildman–Crippen LogP) is 5.65. The first-order valence-electron chi connectivity index (χ1n) is 14.2. The number of hydrogen-bond acceptors (Lipinski definition) is 6. The number of ether oxygens (including phenoxy) is 1. The Morgan fingerprint density at radius 2 is 1.59 bits per heavy atom. The van der Waals surface area contributed by atoms with Crippen LogP contribution in [-0.2, 0) is 36.9 Å². The highest BCUT2D eigenvalue weighted by Crippen LogP contribution is 2.35. The number of anilines is 1. The molecule has 41 heavy (non-hydrogen) atoms. The molecule has 0 bridgehead atoms. The first kappa shape index (κ1) is 34.8. The number of sulfonamides is 1. The van der Waals surface area contributed by atoms with Crippen molar-refractivity contribution in [2.75, 3.05) is 30.7 Å². The van der Waals surface area contributed by atoms with E-state index in [1.54, 1.807) is 24.3 Å². The van der Waals surface area contributed by atoms with Gasteiger partial charge in [0.25, 0.3) is 0 Å². The Balaban J connectivity index is 1.88. The molecule has 0 unspecified atom stereocenters. The monoisotopic (exact) mass is 612 g/mol. The number of phosphoric acid groups is 1. The van der Waals surface area contributed by atoms with Crippen molar-refractivity contribution in [2.45, 2.75) is 77.7 Å². The van der Waals surface area contributed by atoms with Gasteiger partial charge < -0.3 is 19.4 Å². The Labute approximate surface area is 244 Å². The highest BCUT2D eigenvalue weighted by Gasteiger charge is 2.18. The first-order chi connectivity index (χ1) is 19.4. The molecule has 0 aliphatic heterocycles. The van der Waals surface area contributed by atoms with Crippen LogP contribution in [0.5, 0.6) is 5.75 Å². The van der Waals surface area contributed by atoms with Crippen LogP contribution in [0.4, 0.5) is 5.69 Å². The summed E-state index contributed by atoms with van der Waals surface area (Å²) in [4.78, 5) is 32.6. The van der Waals surface area contributed by atoms with Crippen LogP contribution in [0.1, 0.15) is 75.8 Å². The topological polar surface area (TPSA) is 142 Å². The van der Waals surface area contributed by atoms with Crippen molar-refractivity contribution in [1.29, 1.82) is 0 Å². The van der Waals surface area contributed by atoms with Gasteiger partial charge in [-0.15, -0.1) is 0 Å². The lowest BCUT2D eigenvalue weighted by Crippen LogP contribution is -2.33. The molecule has 2 aromatic rings. The minimum absolute atomic E-state index is 0.0188. The van der Waals surface area contributed by atoms with Crippen LogP contribution in [0.15, 0.2) is 48.5 Å². The lowest BCUT2D eigenvalue weighted by molar-refractivity contribution is -0.132. The van der Waals surface area contributed by atoms with Crippen molar-refractivity contribution >= 4 is 29.4 Å². The summed E-state index contributed by atoms with van der Waals surface area (Å²) >= 11 is 0. The normalized spacial score (nSPS) is 11.8. The fourth-order valence-electron chi connectivity index (χ4n) is 4.30. The van der Waals surface area contributed by atoms with Gasteiger partial charge in [-0.25, -0.2) is 13.0 Å². The van der Waals surface area contributed by atoms with Crippen LogP contribution in [0, 0.1) is 0 Å². The molecule has 0 radical (unpaired) electrons. The number of benzene rings is 2. The number of carbonyl (C=O) groups excluding carboxylic acids is 1. The Hall–Kier alpha value is -2.43. The smallest absolute Gasteiger partial charge is 0.469 e. The summed E-state index contributed by atoms with van der Waals surface area (Å²) in [5.74, 6) is 0.565. The van der Waals surface area contributed by atoms with Gasteiger partial charge in [0.1, 0.15) is 5.75 Å². The van der Waals surface area contributed by atoms with Crippen LogP contribution in [-0.4, -0.2) is 55.0 Å². The minimum atomic E-state index is -4.67. The molecule has 0 fully saturated rings. The second-order valence-corrected chi connectivity index (χ2v) is 13.2. The summed E-state index contributed by atoms with van der Waals surface area (Å²) in [6, 6.07) is 14.2. The second kappa shape index (κ2) is 18.2. The number of rotatable bonds is 21. The summed E-state index contributed by atoms with van der Waals surface area (Å²) in [5.41, 5.74) is 2.07. The lowest BCUT2D eigenvalue weighted by Gasteiger charge is -2.23. The van der Waals surface area contributed by atoms with Gasteiger partial charge in [0.15, 0.2) is 0 Å². The zero-order chi connectivity index (χ0) is 30.1. The van der Waals surface area contributed by atoms with Crippen LogP contribution in [0.25, 0.3) is 0 Å². The molecule has 0 heterocycles. The standard InChI is InChI=1S/C29H45N2O8PS/c1-3-4-5-6-7-8-9-10-21-38-28-13-11-12-25(23-28)16-19-29(32)31(20-22-39-40(33,34)35)24-26-14-17-27(18-15-26)30-41(2,36)37/h11-15,17-18,23,30H,3-10,16,19-22,24H2,1-2H3,(H2,33,34,35). The maximum Gasteiger partial charge on any atom is 0.469 e. The molecule has 0 atom stereocenters. The van der Waals surface area contributed by atoms with Gasteiger partial charge in [-0.3, -0.25) is 14.0 Å². The summed E-state index contributed by atoms with van der Waals surface area (Å²) in [6.07, 6.45) is 11.6. The molecule has 0 aliphatic rings. The van der Waals surface area contributed by atoms with E-state index in [0.717, 1.165) is 36.0 Å². The van der Waals surface area contributed by atoms with E-state index in [1.807, 2.05) is 24.3 Å². The third-order valence-corrected chi connectivity index (χ3v) is 7.52. The van der Waals surface area contributed by atoms with Gasteiger partial charge in [-0.2, -0.15) is 0 Å². The number of nitrogens with one attached hydrogen (secondary N) is 1. The molecular formula is C29H45N2O8PS. The SMILES string of the molecule is CCCCCCCCCCOc1cccc(CCC(=O)N(CCOP(=O)(O)O)Cc2ccc(NS(C)(=O)=O)cc2)c1. The third-order valence-electron chi connectivity index (χ3n) is 6.40. The Kier molecular flexibility index (Phi) is 15.4. The zero-order valence-electron chi connectivity index (χ0n) is 24.2. The Morgan fingerprint density at radius 3 is 2.22 bits per heavy atom. The molecule has 0 saturated carbocycles. The van der Waals surface area contributed by atoms with Crippen molar-refractivity contribution in [3.05, 3.63) is 59.7 Å². The quantitative estimate of drug-likeness (QED) is 0.121. The van der Waals surface area contributed by atoms with Gasteiger partial charge in [-0.1, -0.05) is 76.1 Å². The minimum Gasteiger partial charge on any atom is -0.494 e. The summed E-state index contributed by atoms with van der Waals surface area (Å²) < 4.78 is 46.9. The van der Waals surface area contributed by atoms with Crippen molar-refractivity contribution in [3.8, 4) is 5.75 Å². The molecule has 10 nitrogen and oxygen atoms in total. The highest BCUT2D eigenvalue weighted by atomic mass is 32.2. The number of unbranched alkanes of at least 4 members (excludes halogenated alkanes) is 7. The molecule has 2 rings (SSSR count). The molecule has 12 heteroatoms. The second-order valence-electron chi connectivity index (χ2n) is 10.2. The number of hydrogen-bond donors (Lipinski definition) is 3. The number of aryl methyl sites for hydroxylation is 1. The van der Waals surface area contributed by atoms with Gasteiger partial charge in [0, 0.05) is 25.2 Å². The third kappa shape index (κ3) is 16.6. The molecule has 0 aromatic heterocycles. The molecule has 1 amide bonds. The molecule has 3 N–H and O–H groups in total. The molecular weight excluding hydrogens is 567 g/mol. The summed E-state index contributed by atoms with van der Waals surface area (Å²) in [6.45, 7) is 2.70. The summed E-state index contributed by atoms with van der Waals surface area (Å²) in [7, 11) is -8.09. The fourth-order valence-corrected chi connectivity index (χ4v) is 5.18. The average molecular weight is 613 g/mol. The maximum atomic E-state index is 13.1. The number of phosphoric ester groups is 1. The van der Waals surface area contributed by atoms with Crippen molar-refractivity contribution in [3.63, 3.8) is 0 Å². The number of carbonyl (C=O) groups is 1. The number of nitrogens with zero attached hydrogens (tertiary/aromatic N) is 1. The molecule has 0 saturated heterocycles. The van der Waals surface area contributed by atoms with Crippen molar-refractivity contribution in [2.24, 2.45) is 0 Å². The fraction of sp³-hybridized carbons (Fsp3) is 0.552. The van der Waals surface area contributed by atoms with E-state index in [-0.39, 0.29) is 32.0 Å². The van der Waals surface area contributed by atoms with Crippen LogP contribution >= 0.6 is 7.82 Å². The molecule has 0 spiro atoms. The highest BCUT2D eigenvalue weighted by molar-refractivity contribution is 7.92. The Bertz CT molecular complexity index is 1200. The average Bonchev–Trinajstić information content (AvgIpc) is 2.90.